The van der Waals surface area contributed by atoms with Crippen molar-refractivity contribution in [2.24, 2.45) is 10.9 Å². The Morgan fingerprint density at radius 1 is 1.43 bits per heavy atom. The van der Waals surface area contributed by atoms with Crippen molar-refractivity contribution in [1.29, 1.82) is 0 Å². The number of amidine groups is 1. The summed E-state index contributed by atoms with van der Waals surface area (Å²) in [6.07, 6.45) is 1.38. The summed E-state index contributed by atoms with van der Waals surface area (Å²) in [5.41, 5.74) is 2.29. The first-order valence-corrected chi connectivity index (χ1v) is 8.82. The molecule has 3 heterocycles. The Labute approximate surface area is 139 Å². The number of hydrogen-bond donors (Lipinski definition) is 1. The lowest BCUT2D eigenvalue weighted by molar-refractivity contribution is -0.120. The molecule has 0 bridgehead atoms. The molecule has 0 radical (unpaired) electrons. The molecule has 1 atom stereocenters. The smallest absolute Gasteiger partial charge is 0.225 e. The monoisotopic (exact) mass is 329 g/mol. The van der Waals surface area contributed by atoms with Gasteiger partial charge in [-0.05, 0) is 23.5 Å². The van der Waals surface area contributed by atoms with E-state index in [2.05, 4.69) is 21.3 Å². The molecule has 3 aliphatic rings. The standard InChI is InChI=1S/C17H19N3O2S/c21-16(8-14-11-23-17-18-5-6-20(14)17)19-9-12-7-13-3-1-2-4-15(13)22-10-12/h1-4,11-12H,5-10H2,(H,19,21)/t12-/m1/s1. The zero-order valence-corrected chi connectivity index (χ0v) is 13.6. The first-order valence-electron chi connectivity index (χ1n) is 7.95. The van der Waals surface area contributed by atoms with E-state index < -0.39 is 0 Å². The third-order valence-corrected chi connectivity index (χ3v) is 5.28. The fourth-order valence-electron chi connectivity index (χ4n) is 3.12. The number of carbonyl (C=O) groups is 1. The molecule has 0 saturated carbocycles. The van der Waals surface area contributed by atoms with Crippen LogP contribution in [0.15, 0.2) is 40.4 Å². The Balaban J connectivity index is 1.27. The van der Waals surface area contributed by atoms with E-state index in [1.54, 1.807) is 11.8 Å². The molecule has 0 unspecified atom stereocenters. The zero-order chi connectivity index (χ0) is 15.6. The van der Waals surface area contributed by atoms with E-state index in [0.29, 0.717) is 25.5 Å². The topological polar surface area (TPSA) is 53.9 Å². The van der Waals surface area contributed by atoms with Crippen LogP contribution in [-0.2, 0) is 11.2 Å². The molecule has 5 nitrogen and oxygen atoms in total. The molecule has 1 aromatic rings. The molecule has 0 spiro atoms. The Morgan fingerprint density at radius 2 is 2.35 bits per heavy atom. The molecule has 3 aliphatic heterocycles. The first kappa shape index (κ1) is 14.6. The van der Waals surface area contributed by atoms with Crippen molar-refractivity contribution in [3.8, 4) is 5.75 Å². The Kier molecular flexibility index (Phi) is 3.99. The van der Waals surface area contributed by atoms with Crippen LogP contribution in [0.2, 0.25) is 0 Å². The highest BCUT2D eigenvalue weighted by molar-refractivity contribution is 8.16. The van der Waals surface area contributed by atoms with Gasteiger partial charge in [-0.15, -0.1) is 0 Å². The highest BCUT2D eigenvalue weighted by Crippen LogP contribution is 2.31. The van der Waals surface area contributed by atoms with Crippen LogP contribution >= 0.6 is 11.8 Å². The van der Waals surface area contributed by atoms with Gasteiger partial charge in [-0.1, -0.05) is 30.0 Å². The van der Waals surface area contributed by atoms with Crippen molar-refractivity contribution < 1.29 is 9.53 Å². The minimum Gasteiger partial charge on any atom is -0.493 e. The molecule has 120 valence electrons. The van der Waals surface area contributed by atoms with Gasteiger partial charge in [0, 0.05) is 24.7 Å². The third-order valence-electron chi connectivity index (χ3n) is 4.33. The van der Waals surface area contributed by atoms with Crippen LogP contribution in [0, 0.1) is 5.92 Å². The summed E-state index contributed by atoms with van der Waals surface area (Å²) >= 11 is 1.62. The molecule has 6 heteroatoms. The summed E-state index contributed by atoms with van der Waals surface area (Å²) in [5.74, 6) is 1.39. The predicted molar refractivity (Wildman–Crippen MR) is 91.4 cm³/mol. The molecule has 4 rings (SSSR count). The second-order valence-corrected chi connectivity index (χ2v) is 6.85. The van der Waals surface area contributed by atoms with Crippen molar-refractivity contribution >= 4 is 22.8 Å². The maximum atomic E-state index is 12.2. The average Bonchev–Trinajstić information content (AvgIpc) is 3.18. The summed E-state index contributed by atoms with van der Waals surface area (Å²) in [6, 6.07) is 8.12. The van der Waals surface area contributed by atoms with Crippen LogP contribution in [0.1, 0.15) is 12.0 Å². The highest BCUT2D eigenvalue weighted by Gasteiger charge is 2.27. The molecule has 0 saturated heterocycles. The van der Waals surface area contributed by atoms with Crippen molar-refractivity contribution in [3.63, 3.8) is 0 Å². The first-order chi connectivity index (χ1) is 11.3. The Morgan fingerprint density at radius 3 is 3.30 bits per heavy atom. The summed E-state index contributed by atoms with van der Waals surface area (Å²) in [7, 11) is 0. The summed E-state index contributed by atoms with van der Waals surface area (Å²) in [6.45, 7) is 3.06. The molecule has 0 aliphatic carbocycles. The zero-order valence-electron chi connectivity index (χ0n) is 12.8. The van der Waals surface area contributed by atoms with Crippen LogP contribution in [0.5, 0.6) is 5.75 Å². The SMILES string of the molecule is O=C(CC1=CSC2=NCCN12)NC[C@@H]1COc2ccccc2C1. The summed E-state index contributed by atoms with van der Waals surface area (Å²) < 4.78 is 5.77. The molecule has 0 aromatic heterocycles. The largest absolute Gasteiger partial charge is 0.493 e. The van der Waals surface area contributed by atoms with Crippen LogP contribution in [-0.4, -0.2) is 42.2 Å². The van der Waals surface area contributed by atoms with Gasteiger partial charge in [0.05, 0.1) is 19.6 Å². The van der Waals surface area contributed by atoms with Gasteiger partial charge >= 0.3 is 0 Å². The second kappa shape index (κ2) is 6.28. The van der Waals surface area contributed by atoms with Gasteiger partial charge in [-0.3, -0.25) is 9.79 Å². The minimum atomic E-state index is 0.0730. The molecule has 1 aromatic carbocycles. The van der Waals surface area contributed by atoms with Crippen molar-refractivity contribution in [2.45, 2.75) is 12.8 Å². The van der Waals surface area contributed by atoms with E-state index in [4.69, 9.17) is 4.74 Å². The number of para-hydroxylation sites is 1. The number of thioether (sulfide) groups is 1. The van der Waals surface area contributed by atoms with Gasteiger partial charge in [0.15, 0.2) is 5.17 Å². The molecule has 23 heavy (non-hydrogen) atoms. The Hall–Kier alpha value is -1.95. The molecule has 1 amide bonds. The maximum Gasteiger partial charge on any atom is 0.225 e. The quantitative estimate of drug-likeness (QED) is 0.918. The molecular weight excluding hydrogens is 310 g/mol. The van der Waals surface area contributed by atoms with Gasteiger partial charge in [0.2, 0.25) is 5.91 Å². The van der Waals surface area contributed by atoms with E-state index in [1.165, 1.54) is 5.56 Å². The van der Waals surface area contributed by atoms with Crippen molar-refractivity contribution in [2.75, 3.05) is 26.2 Å². The second-order valence-electron chi connectivity index (χ2n) is 6.01. The van der Waals surface area contributed by atoms with Crippen LogP contribution in [0.3, 0.4) is 0 Å². The number of aliphatic imine (C=N–C) groups is 1. The number of hydrogen-bond acceptors (Lipinski definition) is 5. The van der Waals surface area contributed by atoms with Crippen molar-refractivity contribution in [1.82, 2.24) is 10.2 Å². The summed E-state index contributed by atoms with van der Waals surface area (Å²) in [5, 5.41) is 6.13. The number of nitrogens with one attached hydrogen (secondary N) is 1. The van der Waals surface area contributed by atoms with Crippen molar-refractivity contribution in [3.05, 3.63) is 40.9 Å². The number of rotatable bonds is 4. The fraction of sp³-hybridized carbons (Fsp3) is 0.412. The number of amides is 1. The average molecular weight is 329 g/mol. The van der Waals surface area contributed by atoms with Gasteiger partial charge in [-0.2, -0.15) is 0 Å². The van der Waals surface area contributed by atoms with E-state index >= 15 is 0 Å². The summed E-state index contributed by atoms with van der Waals surface area (Å²) in [4.78, 5) is 18.8. The van der Waals surface area contributed by atoms with Gasteiger partial charge in [-0.25, -0.2) is 0 Å². The van der Waals surface area contributed by atoms with Gasteiger partial charge in [0.25, 0.3) is 0 Å². The maximum absolute atomic E-state index is 12.2. The van der Waals surface area contributed by atoms with E-state index in [9.17, 15) is 4.79 Å². The van der Waals surface area contributed by atoms with E-state index in [-0.39, 0.29) is 5.91 Å². The lowest BCUT2D eigenvalue weighted by atomic mass is 9.97. The number of carbonyl (C=O) groups excluding carboxylic acids is 1. The Bertz CT molecular complexity index is 686. The molecule has 0 fully saturated rings. The number of benzene rings is 1. The predicted octanol–water partition coefficient (Wildman–Crippen LogP) is 2.00. The minimum absolute atomic E-state index is 0.0730. The lowest BCUT2D eigenvalue weighted by Gasteiger charge is -2.25. The van der Waals surface area contributed by atoms with Crippen LogP contribution in [0.4, 0.5) is 0 Å². The van der Waals surface area contributed by atoms with Gasteiger partial charge in [0.1, 0.15) is 5.75 Å². The van der Waals surface area contributed by atoms with Crippen LogP contribution in [0.25, 0.3) is 0 Å². The third kappa shape index (κ3) is 3.08. The normalized spacial score (nSPS) is 21.9. The van der Waals surface area contributed by atoms with Crippen LogP contribution < -0.4 is 10.1 Å². The highest BCUT2D eigenvalue weighted by atomic mass is 32.2. The number of fused-ring (bicyclic) bond motifs is 2. The lowest BCUT2D eigenvalue weighted by Crippen LogP contribution is -2.35. The van der Waals surface area contributed by atoms with E-state index in [1.807, 2.05) is 23.6 Å². The van der Waals surface area contributed by atoms with E-state index in [0.717, 1.165) is 36.1 Å². The number of nitrogens with zero attached hydrogens (tertiary/aromatic N) is 2. The molecular formula is C17H19N3O2S. The van der Waals surface area contributed by atoms with Gasteiger partial charge < -0.3 is 15.0 Å². The molecule has 1 N–H and O–H groups in total. The fourth-order valence-corrected chi connectivity index (χ4v) is 4.08. The number of ether oxygens (including phenoxy) is 1.